The highest BCUT2D eigenvalue weighted by Gasteiger charge is 2.32. The summed E-state index contributed by atoms with van der Waals surface area (Å²) in [4.78, 5) is 23.4. The summed E-state index contributed by atoms with van der Waals surface area (Å²) >= 11 is 6.63. The quantitative estimate of drug-likeness (QED) is 0.324. The van der Waals surface area contributed by atoms with E-state index in [9.17, 15) is 9.59 Å². The van der Waals surface area contributed by atoms with Crippen LogP contribution in [-0.4, -0.2) is 34.1 Å². The van der Waals surface area contributed by atoms with Gasteiger partial charge in [-0.2, -0.15) is 0 Å². The van der Waals surface area contributed by atoms with E-state index in [1.54, 1.807) is 20.8 Å². The first-order chi connectivity index (χ1) is 10.7. The van der Waals surface area contributed by atoms with Gasteiger partial charge < -0.3 is 9.47 Å². The van der Waals surface area contributed by atoms with Gasteiger partial charge in [0.1, 0.15) is 18.0 Å². The van der Waals surface area contributed by atoms with E-state index in [-0.39, 0.29) is 13.2 Å². The molecule has 0 bridgehead atoms. The van der Waals surface area contributed by atoms with E-state index in [2.05, 4.69) is 6.58 Å². The molecule has 0 radical (unpaired) electrons. The minimum atomic E-state index is -0.828. The van der Waals surface area contributed by atoms with E-state index in [1.165, 1.54) is 11.8 Å². The third-order valence-electron chi connectivity index (χ3n) is 2.75. The van der Waals surface area contributed by atoms with Gasteiger partial charge in [0.05, 0.1) is 4.20 Å². The maximum absolute atomic E-state index is 12.1. The summed E-state index contributed by atoms with van der Waals surface area (Å²) in [6, 6.07) is 9.48. The molecular formula is C17H20O4S2. The number of hydrogen-bond acceptors (Lipinski definition) is 6. The van der Waals surface area contributed by atoms with Crippen LogP contribution in [0.4, 0.5) is 0 Å². The van der Waals surface area contributed by atoms with Gasteiger partial charge in [-0.1, -0.05) is 60.9 Å². The zero-order valence-corrected chi connectivity index (χ0v) is 15.1. The number of ether oxygens (including phenoxy) is 2. The Morgan fingerprint density at radius 1 is 1.17 bits per heavy atom. The molecule has 0 saturated heterocycles. The first kappa shape index (κ1) is 19.4. The lowest BCUT2D eigenvalue weighted by Gasteiger charge is -2.22. The van der Waals surface area contributed by atoms with Crippen LogP contribution in [0, 0.1) is 0 Å². The molecule has 0 unspecified atom stereocenters. The molecule has 23 heavy (non-hydrogen) atoms. The third kappa shape index (κ3) is 6.54. The van der Waals surface area contributed by atoms with Crippen LogP contribution in [0.2, 0.25) is 0 Å². The molecule has 0 atom stereocenters. The van der Waals surface area contributed by atoms with Gasteiger partial charge in [-0.05, 0) is 26.3 Å². The standard InChI is InChI=1S/C17H20O4S2/c1-12(2)14(18)20-10-11-21-16(19)17(3,4)23-15(22)13-8-6-5-7-9-13/h5-9H,1,10-11H2,2-4H3. The monoisotopic (exact) mass is 352 g/mol. The highest BCUT2D eigenvalue weighted by molar-refractivity contribution is 8.24. The SMILES string of the molecule is C=C(C)C(=O)OCCOC(=O)C(C)(C)SC(=S)c1ccccc1. The minimum Gasteiger partial charge on any atom is -0.461 e. The topological polar surface area (TPSA) is 52.6 Å². The molecular weight excluding hydrogens is 332 g/mol. The Morgan fingerprint density at radius 2 is 1.74 bits per heavy atom. The van der Waals surface area contributed by atoms with Gasteiger partial charge in [0.15, 0.2) is 0 Å². The summed E-state index contributed by atoms with van der Waals surface area (Å²) in [5, 5.41) is 0. The fourth-order valence-electron chi connectivity index (χ4n) is 1.47. The fraction of sp³-hybridized carbons (Fsp3) is 0.353. The van der Waals surface area contributed by atoms with E-state index in [0.717, 1.165) is 5.56 Å². The molecule has 0 amide bonds. The maximum Gasteiger partial charge on any atom is 0.333 e. The Bertz CT molecular complexity index is 594. The number of rotatable bonds is 7. The van der Waals surface area contributed by atoms with Crippen molar-refractivity contribution in [2.24, 2.45) is 0 Å². The Labute approximate surface area is 146 Å². The van der Waals surface area contributed by atoms with E-state index >= 15 is 0 Å². The first-order valence-electron chi connectivity index (χ1n) is 7.02. The van der Waals surface area contributed by atoms with Gasteiger partial charge in [0, 0.05) is 5.57 Å². The fourth-order valence-corrected chi connectivity index (χ4v) is 3.09. The van der Waals surface area contributed by atoms with Crippen molar-refractivity contribution in [3.63, 3.8) is 0 Å². The molecule has 0 heterocycles. The number of benzene rings is 1. The van der Waals surface area contributed by atoms with Crippen LogP contribution in [0.1, 0.15) is 26.3 Å². The van der Waals surface area contributed by atoms with Crippen LogP contribution in [-0.2, 0) is 19.1 Å². The van der Waals surface area contributed by atoms with Gasteiger partial charge >= 0.3 is 11.9 Å². The number of carbonyl (C=O) groups is 2. The normalized spacial score (nSPS) is 10.7. The van der Waals surface area contributed by atoms with Gasteiger partial charge in [-0.25, -0.2) is 4.79 Å². The number of esters is 2. The van der Waals surface area contributed by atoms with Crippen molar-refractivity contribution in [2.75, 3.05) is 13.2 Å². The minimum absolute atomic E-state index is 0.0000573. The van der Waals surface area contributed by atoms with Crippen molar-refractivity contribution in [3.8, 4) is 0 Å². The van der Waals surface area contributed by atoms with Crippen molar-refractivity contribution in [1.29, 1.82) is 0 Å². The molecule has 0 spiro atoms. The molecule has 0 aliphatic heterocycles. The molecule has 0 aromatic heterocycles. The molecule has 0 aliphatic carbocycles. The largest absolute Gasteiger partial charge is 0.461 e. The predicted molar refractivity (Wildman–Crippen MR) is 96.5 cm³/mol. The van der Waals surface area contributed by atoms with Crippen LogP contribution in [0.25, 0.3) is 0 Å². The number of thioether (sulfide) groups is 1. The highest BCUT2D eigenvalue weighted by atomic mass is 32.2. The average molecular weight is 352 g/mol. The summed E-state index contributed by atoms with van der Waals surface area (Å²) in [5.74, 6) is -0.910. The van der Waals surface area contributed by atoms with Crippen LogP contribution in [0.5, 0.6) is 0 Å². The summed E-state index contributed by atoms with van der Waals surface area (Å²) in [6.45, 7) is 8.52. The van der Waals surface area contributed by atoms with E-state index < -0.39 is 16.7 Å². The molecule has 124 valence electrons. The second-order valence-electron chi connectivity index (χ2n) is 5.32. The van der Waals surface area contributed by atoms with Crippen LogP contribution in [0.3, 0.4) is 0 Å². The van der Waals surface area contributed by atoms with Crippen molar-refractivity contribution < 1.29 is 19.1 Å². The number of carbonyl (C=O) groups excluding carboxylic acids is 2. The molecule has 1 rings (SSSR count). The molecule has 0 saturated carbocycles. The van der Waals surface area contributed by atoms with E-state index in [4.69, 9.17) is 21.7 Å². The van der Waals surface area contributed by atoms with Crippen molar-refractivity contribution in [3.05, 3.63) is 48.0 Å². The number of hydrogen-bond donors (Lipinski definition) is 0. The van der Waals surface area contributed by atoms with Gasteiger partial charge in [0.2, 0.25) is 0 Å². The predicted octanol–water partition coefficient (Wildman–Crippen LogP) is 3.54. The van der Waals surface area contributed by atoms with Crippen LogP contribution >= 0.6 is 24.0 Å². The zero-order valence-electron chi connectivity index (χ0n) is 13.5. The van der Waals surface area contributed by atoms with Gasteiger partial charge in [0.25, 0.3) is 0 Å². The second-order valence-corrected chi connectivity index (χ2v) is 7.62. The third-order valence-corrected chi connectivity index (χ3v) is 4.33. The lowest BCUT2D eigenvalue weighted by Crippen LogP contribution is -2.32. The molecule has 0 N–H and O–H groups in total. The summed E-state index contributed by atoms with van der Waals surface area (Å²) in [6.07, 6.45) is 0. The van der Waals surface area contributed by atoms with Crippen molar-refractivity contribution in [1.82, 2.24) is 0 Å². The summed E-state index contributed by atoms with van der Waals surface area (Å²) in [7, 11) is 0. The lowest BCUT2D eigenvalue weighted by atomic mass is 10.2. The Hall–Kier alpha value is -1.66. The first-order valence-corrected chi connectivity index (χ1v) is 8.25. The van der Waals surface area contributed by atoms with Crippen molar-refractivity contribution in [2.45, 2.75) is 25.5 Å². The molecule has 0 fully saturated rings. The lowest BCUT2D eigenvalue weighted by molar-refractivity contribution is -0.151. The summed E-state index contributed by atoms with van der Waals surface area (Å²) in [5.41, 5.74) is 1.20. The molecule has 0 aliphatic rings. The highest BCUT2D eigenvalue weighted by Crippen LogP contribution is 2.30. The summed E-state index contributed by atoms with van der Waals surface area (Å²) < 4.78 is 9.81. The Balaban J connectivity index is 2.46. The van der Waals surface area contributed by atoms with Crippen LogP contribution < -0.4 is 0 Å². The van der Waals surface area contributed by atoms with E-state index in [1.807, 2.05) is 30.3 Å². The second kappa shape index (κ2) is 8.84. The zero-order chi connectivity index (χ0) is 17.5. The van der Waals surface area contributed by atoms with Gasteiger partial charge in [-0.15, -0.1) is 0 Å². The van der Waals surface area contributed by atoms with Crippen LogP contribution in [0.15, 0.2) is 42.5 Å². The molecule has 1 aromatic rings. The number of thiocarbonyl (C=S) groups is 1. The molecule has 4 nitrogen and oxygen atoms in total. The van der Waals surface area contributed by atoms with Gasteiger partial charge in [-0.3, -0.25) is 4.79 Å². The molecule has 6 heteroatoms. The Kier molecular flexibility index (Phi) is 7.45. The Morgan fingerprint density at radius 3 is 2.30 bits per heavy atom. The van der Waals surface area contributed by atoms with Crippen molar-refractivity contribution >= 4 is 40.1 Å². The average Bonchev–Trinajstić information content (AvgIpc) is 2.51. The maximum atomic E-state index is 12.1. The molecule has 1 aromatic carbocycles. The van der Waals surface area contributed by atoms with E-state index in [0.29, 0.717) is 9.77 Å². The smallest absolute Gasteiger partial charge is 0.333 e.